The van der Waals surface area contributed by atoms with Crippen LogP contribution in [-0.2, 0) is 20.3 Å². The monoisotopic (exact) mass is 694 g/mol. The summed E-state index contributed by atoms with van der Waals surface area (Å²) >= 11 is 0. The van der Waals surface area contributed by atoms with Crippen LogP contribution in [0.1, 0.15) is 80.9 Å². The molecular weight excluding hydrogens is 649 g/mol. The number of carbonyl (C=O) groups excluding carboxylic acids is 4. The van der Waals surface area contributed by atoms with Crippen LogP contribution < -0.4 is 16.0 Å². The van der Waals surface area contributed by atoms with Crippen LogP contribution >= 0.6 is 0 Å². The van der Waals surface area contributed by atoms with Gasteiger partial charge in [0.1, 0.15) is 11.9 Å². The number of urea groups is 1. The van der Waals surface area contributed by atoms with Crippen molar-refractivity contribution >= 4 is 29.3 Å². The first kappa shape index (κ1) is 36.8. The zero-order valence-corrected chi connectivity index (χ0v) is 28.5. The van der Waals surface area contributed by atoms with Gasteiger partial charge < -0.3 is 25.8 Å². The van der Waals surface area contributed by atoms with Crippen LogP contribution in [0, 0.1) is 29.0 Å². The molecule has 4 amide bonds. The van der Waals surface area contributed by atoms with Gasteiger partial charge in [-0.1, -0.05) is 44.4 Å². The second-order valence-corrected chi connectivity index (χ2v) is 13.9. The Morgan fingerprint density at radius 2 is 1.68 bits per heavy atom. The molecule has 2 aromatic carbocycles. The Morgan fingerprint density at radius 3 is 2.32 bits per heavy atom. The van der Waals surface area contributed by atoms with Gasteiger partial charge >= 0.3 is 12.0 Å². The van der Waals surface area contributed by atoms with Gasteiger partial charge in [-0.3, -0.25) is 14.4 Å². The van der Waals surface area contributed by atoms with Gasteiger partial charge in [0.05, 0.1) is 17.3 Å². The second-order valence-electron chi connectivity index (χ2n) is 13.9. The molecule has 0 spiro atoms. The number of hydrogen-bond acceptors (Lipinski definition) is 6. The maximum atomic E-state index is 15.7. The lowest BCUT2D eigenvalue weighted by molar-refractivity contribution is -0.147. The second kappa shape index (κ2) is 16.1. The number of halogens is 3. The largest absolute Gasteiger partial charge is 0.338 e. The van der Waals surface area contributed by atoms with E-state index in [0.29, 0.717) is 44.6 Å². The van der Waals surface area contributed by atoms with Gasteiger partial charge in [0.25, 0.3) is 0 Å². The zero-order valence-electron chi connectivity index (χ0n) is 28.5. The van der Waals surface area contributed by atoms with Gasteiger partial charge in [0.2, 0.25) is 17.6 Å². The van der Waals surface area contributed by atoms with Gasteiger partial charge in [-0.2, -0.15) is 14.0 Å². The fraction of sp³-hybridized carbons (Fsp3) is 0.541. The van der Waals surface area contributed by atoms with Crippen molar-refractivity contribution in [3.05, 3.63) is 65.0 Å². The molecule has 3 fully saturated rings. The van der Waals surface area contributed by atoms with Gasteiger partial charge in [0.15, 0.2) is 0 Å². The highest BCUT2D eigenvalue weighted by molar-refractivity contribution is 5.97. The Balaban J connectivity index is 1.32. The van der Waals surface area contributed by atoms with E-state index >= 15 is 13.2 Å². The first-order valence-corrected chi connectivity index (χ1v) is 17.4. The number of nitrogens with one attached hydrogen (secondary N) is 3. The Hall–Kier alpha value is -4.44. The van der Waals surface area contributed by atoms with E-state index in [1.54, 1.807) is 24.0 Å². The first-order valence-electron chi connectivity index (χ1n) is 17.4. The lowest BCUT2D eigenvalue weighted by atomic mass is 9.76. The number of Topliss-reactive ketones (excluding diaryl/α,β-unsaturated/α-hetero) is 1. The van der Waals surface area contributed by atoms with Crippen molar-refractivity contribution in [3.63, 3.8) is 0 Å². The van der Waals surface area contributed by atoms with E-state index in [0.717, 1.165) is 44.2 Å². The van der Waals surface area contributed by atoms with Crippen molar-refractivity contribution in [3.8, 4) is 6.07 Å². The zero-order chi connectivity index (χ0) is 36.0. The maximum Gasteiger partial charge on any atom is 0.330 e. The van der Waals surface area contributed by atoms with Crippen LogP contribution in [0.25, 0.3) is 0 Å². The number of carbonyl (C=O) groups is 4. The third-order valence-electron chi connectivity index (χ3n) is 10.2. The van der Waals surface area contributed by atoms with E-state index in [1.165, 1.54) is 24.3 Å². The van der Waals surface area contributed by atoms with Crippen molar-refractivity contribution in [1.82, 2.24) is 20.4 Å². The number of likely N-dealkylation sites (N-methyl/N-ethyl adjacent to an activating group) is 1. The number of amides is 4. The summed E-state index contributed by atoms with van der Waals surface area (Å²) in [6.45, 7) is 4.08. The molecule has 2 aromatic rings. The molecule has 1 saturated heterocycles. The van der Waals surface area contributed by atoms with Gasteiger partial charge in [0, 0.05) is 56.0 Å². The predicted molar refractivity (Wildman–Crippen MR) is 181 cm³/mol. The molecule has 0 bridgehead atoms. The molecule has 0 aromatic heterocycles. The smallest absolute Gasteiger partial charge is 0.330 e. The summed E-state index contributed by atoms with van der Waals surface area (Å²) in [7, 11) is 1.97. The molecule has 1 heterocycles. The number of benzene rings is 2. The number of nitriles is 1. The third kappa shape index (κ3) is 9.01. The molecule has 13 heteroatoms. The minimum atomic E-state index is -3.93. The Kier molecular flexibility index (Phi) is 11.8. The summed E-state index contributed by atoms with van der Waals surface area (Å²) in [6, 6.07) is 9.19. The van der Waals surface area contributed by atoms with E-state index in [1.807, 2.05) is 7.05 Å². The van der Waals surface area contributed by atoms with E-state index < -0.39 is 59.3 Å². The van der Waals surface area contributed by atoms with E-state index in [2.05, 4.69) is 20.9 Å². The number of ketones is 1. The van der Waals surface area contributed by atoms with Gasteiger partial charge in [-0.05, 0) is 68.5 Å². The van der Waals surface area contributed by atoms with Crippen LogP contribution in [0.4, 0.5) is 23.7 Å². The lowest BCUT2D eigenvalue weighted by Crippen LogP contribution is -2.57. The minimum Gasteiger partial charge on any atom is -0.338 e. The van der Waals surface area contributed by atoms with Crippen LogP contribution in [-0.4, -0.2) is 78.7 Å². The van der Waals surface area contributed by atoms with Crippen molar-refractivity contribution in [2.45, 2.75) is 82.2 Å². The predicted octanol–water partition coefficient (Wildman–Crippen LogP) is 5.29. The fourth-order valence-electron chi connectivity index (χ4n) is 6.84. The molecular formula is C37H45F3N6O4. The van der Waals surface area contributed by atoms with Crippen LogP contribution in [0.5, 0.6) is 0 Å². The van der Waals surface area contributed by atoms with E-state index in [9.17, 15) is 19.2 Å². The normalized spacial score (nSPS) is 19.1. The van der Waals surface area contributed by atoms with E-state index in [-0.39, 0.29) is 29.1 Å². The van der Waals surface area contributed by atoms with E-state index in [4.69, 9.17) is 5.26 Å². The highest BCUT2D eigenvalue weighted by Gasteiger charge is 2.44. The molecule has 3 aliphatic rings. The van der Waals surface area contributed by atoms with Crippen molar-refractivity contribution in [2.75, 3.05) is 38.5 Å². The molecule has 268 valence electrons. The molecule has 0 radical (unpaired) electrons. The molecule has 50 heavy (non-hydrogen) atoms. The Morgan fingerprint density at radius 1 is 0.980 bits per heavy atom. The van der Waals surface area contributed by atoms with Crippen LogP contribution in [0.15, 0.2) is 42.5 Å². The maximum absolute atomic E-state index is 15.7. The summed E-state index contributed by atoms with van der Waals surface area (Å²) in [5, 5.41) is 17.3. The summed E-state index contributed by atoms with van der Waals surface area (Å²) in [6.07, 6.45) is 4.63. The third-order valence-corrected chi connectivity index (χ3v) is 10.2. The van der Waals surface area contributed by atoms with Gasteiger partial charge in [-0.15, -0.1) is 0 Å². The highest BCUT2D eigenvalue weighted by Crippen LogP contribution is 2.38. The number of anilines is 1. The summed E-state index contributed by atoms with van der Waals surface area (Å²) in [5.74, 6) is -9.28. The summed E-state index contributed by atoms with van der Waals surface area (Å²) in [4.78, 5) is 57.0. The first-order chi connectivity index (χ1) is 23.9. The fourth-order valence-corrected chi connectivity index (χ4v) is 6.84. The molecule has 2 saturated carbocycles. The number of piperazine rings is 1. The summed E-state index contributed by atoms with van der Waals surface area (Å²) < 4.78 is 46.4. The molecule has 3 atom stereocenters. The highest BCUT2D eigenvalue weighted by atomic mass is 19.3. The van der Waals surface area contributed by atoms with Crippen LogP contribution in [0.3, 0.4) is 0 Å². The average Bonchev–Trinajstić information content (AvgIpc) is 3.94. The molecule has 3 N–H and O–H groups in total. The molecule has 1 aliphatic heterocycles. The number of hydrogen-bond donors (Lipinski definition) is 3. The molecule has 2 aliphatic carbocycles. The van der Waals surface area contributed by atoms with Crippen LogP contribution in [0.2, 0.25) is 0 Å². The summed E-state index contributed by atoms with van der Waals surface area (Å²) in [5.41, 5.74) is -0.409. The molecule has 5 rings (SSSR count). The topological polar surface area (TPSA) is 135 Å². The Bertz CT molecular complexity index is 1610. The van der Waals surface area contributed by atoms with Gasteiger partial charge in [-0.25, -0.2) is 9.18 Å². The standard InChI is InChI=1S/C37H45F3N6O4/c1-23(33(44-36(50)42-28-12-13-28)35(49)46-17-15-45(2)16-18-46)26-11-14-31(30(38)20-26)43-34(48)29(25-8-4-3-5-9-25)21-32(47)37(39,40)27-10-6-7-24(19-27)22-41/h6-7,10-11,14,19-20,23,25,28-29,33H,3-5,8-9,12-13,15-18,21H2,1-2H3,(H,43,48)(H2,42,44,50)/t23-,29-,33+/m0/s1. The average molecular weight is 695 g/mol. The van der Waals surface area contributed by atoms with Crippen molar-refractivity contribution in [1.29, 1.82) is 5.26 Å². The SMILES string of the molecule is C[C@@H](c1ccc(NC(=O)[C@@H](CC(=O)C(F)(F)c2cccc(C#N)c2)C2CCCCC2)c(F)c1)[C@@H](NC(=O)NC1CC1)C(=O)N1CCN(C)CC1. The number of alkyl halides is 2. The van der Waals surface area contributed by atoms with Crippen molar-refractivity contribution < 1.29 is 32.3 Å². The molecule has 10 nitrogen and oxygen atoms in total. The molecule has 0 unspecified atom stereocenters. The number of rotatable bonds is 12. The minimum absolute atomic E-state index is 0.0166. The lowest BCUT2D eigenvalue weighted by Gasteiger charge is -2.36. The number of nitrogens with zero attached hydrogens (tertiary/aromatic N) is 3. The van der Waals surface area contributed by atoms with Crippen molar-refractivity contribution in [2.24, 2.45) is 11.8 Å². The Labute approximate surface area is 290 Å². The quantitative estimate of drug-likeness (QED) is 0.277.